The topological polar surface area (TPSA) is 211 Å². The highest BCUT2D eigenvalue weighted by Crippen LogP contribution is 2.27. The lowest BCUT2D eigenvalue weighted by atomic mass is 10.1. The maximum Gasteiger partial charge on any atom is 0.349 e. The lowest BCUT2D eigenvalue weighted by Crippen LogP contribution is -2.42. The van der Waals surface area contributed by atoms with E-state index in [0.717, 1.165) is 0 Å². The molecule has 2 heterocycles. The third-order valence-corrected chi connectivity index (χ3v) is 4.95. The summed E-state index contributed by atoms with van der Waals surface area (Å²) < 4.78 is 1.30. The average molecular weight is 449 g/mol. The molecule has 3 atom stereocenters. The van der Waals surface area contributed by atoms with E-state index < -0.39 is 48.7 Å². The van der Waals surface area contributed by atoms with Gasteiger partial charge in [-0.05, 0) is 24.6 Å². The molecule has 1 aromatic carbocycles. The standard InChI is InChI=1S/C19H23N5O8/c1-8-4-10-11(5-9(8)20-3-2-14(28)29)24(6-12(26)16(30)13(27)7-25)17-15(21-10)18(31)23-19(32)22-17/h4-5,12-13,16,20,25-27,30H,2-3,6-7H2,1H3,(H,28,29)(H,23,31,32). The van der Waals surface area contributed by atoms with Gasteiger partial charge in [-0.3, -0.25) is 14.6 Å². The van der Waals surface area contributed by atoms with Crippen LogP contribution in [0.15, 0.2) is 21.7 Å². The number of carboxylic acids is 1. The number of anilines is 1. The first-order chi connectivity index (χ1) is 15.1. The van der Waals surface area contributed by atoms with Crippen LogP contribution in [-0.2, 0) is 11.3 Å². The zero-order valence-corrected chi connectivity index (χ0v) is 17.0. The molecule has 172 valence electrons. The summed E-state index contributed by atoms with van der Waals surface area (Å²) in [7, 11) is 0. The first-order valence-corrected chi connectivity index (χ1v) is 9.68. The van der Waals surface area contributed by atoms with Gasteiger partial charge in [0.1, 0.15) is 18.3 Å². The fraction of sp³-hybridized carbons (Fsp3) is 0.421. The van der Waals surface area contributed by atoms with Crippen molar-refractivity contribution >= 4 is 22.7 Å². The number of H-pyrrole nitrogens is 1. The lowest BCUT2D eigenvalue weighted by molar-refractivity contribution is -0.136. The van der Waals surface area contributed by atoms with Crippen LogP contribution in [0.1, 0.15) is 12.0 Å². The molecule has 0 fully saturated rings. The van der Waals surface area contributed by atoms with Crippen molar-refractivity contribution < 1.29 is 30.3 Å². The summed E-state index contributed by atoms with van der Waals surface area (Å²) in [5.74, 6) is -1.14. The Hall–Kier alpha value is -3.39. The van der Waals surface area contributed by atoms with Gasteiger partial charge in [-0.2, -0.15) is 4.98 Å². The minimum atomic E-state index is -1.72. The minimum absolute atomic E-state index is 0.131. The molecule has 13 nitrogen and oxygen atoms in total. The van der Waals surface area contributed by atoms with Gasteiger partial charge >= 0.3 is 11.7 Å². The summed E-state index contributed by atoms with van der Waals surface area (Å²) in [6.07, 6.45) is -5.07. The number of hydrogen-bond acceptors (Lipinski definition) is 10. The number of aliphatic hydroxyl groups is 4. The molecule has 32 heavy (non-hydrogen) atoms. The zero-order valence-electron chi connectivity index (χ0n) is 17.0. The Morgan fingerprint density at radius 1 is 1.19 bits per heavy atom. The normalized spacial score (nSPS) is 14.4. The van der Waals surface area contributed by atoms with Crippen LogP contribution in [0.25, 0.3) is 22.6 Å². The predicted octanol–water partition coefficient (Wildman–Crippen LogP) is -2.15. The van der Waals surface area contributed by atoms with E-state index in [-0.39, 0.29) is 24.5 Å². The number of nitrogens with one attached hydrogen (secondary N) is 2. The average Bonchev–Trinajstić information content (AvgIpc) is 2.73. The number of aliphatic hydroxyl groups excluding tert-OH is 4. The number of benzene rings is 1. The van der Waals surface area contributed by atoms with E-state index in [1.807, 2.05) is 4.98 Å². The number of rotatable bonds is 9. The minimum Gasteiger partial charge on any atom is -0.481 e. The van der Waals surface area contributed by atoms with Crippen LogP contribution in [0.5, 0.6) is 0 Å². The maximum absolute atomic E-state index is 12.3. The third-order valence-electron chi connectivity index (χ3n) is 4.95. The second kappa shape index (κ2) is 9.40. The number of carboxylic acid groups (broad SMARTS) is 1. The number of aromatic nitrogens is 4. The van der Waals surface area contributed by atoms with Crippen molar-refractivity contribution in [1.29, 1.82) is 0 Å². The van der Waals surface area contributed by atoms with Gasteiger partial charge in [-0.25, -0.2) is 9.78 Å². The van der Waals surface area contributed by atoms with Gasteiger partial charge in [0.15, 0.2) is 11.5 Å². The molecule has 0 amide bonds. The highest BCUT2D eigenvalue weighted by molar-refractivity contribution is 5.84. The Balaban J connectivity index is 2.19. The molecule has 0 radical (unpaired) electrons. The van der Waals surface area contributed by atoms with E-state index in [2.05, 4.69) is 15.3 Å². The van der Waals surface area contributed by atoms with Gasteiger partial charge in [0.05, 0.1) is 30.6 Å². The summed E-state index contributed by atoms with van der Waals surface area (Å²) in [6, 6.07) is 3.22. The molecule has 0 saturated heterocycles. The summed E-state index contributed by atoms with van der Waals surface area (Å²) in [5, 5.41) is 51.0. The third kappa shape index (κ3) is 4.75. The zero-order chi connectivity index (χ0) is 23.6. The molecule has 3 rings (SSSR count). The molecular formula is C19H23N5O8. The van der Waals surface area contributed by atoms with Gasteiger partial charge in [0.25, 0.3) is 5.56 Å². The molecule has 0 spiro atoms. The van der Waals surface area contributed by atoms with Crippen molar-refractivity contribution in [2.45, 2.75) is 38.2 Å². The van der Waals surface area contributed by atoms with Crippen LogP contribution in [0.3, 0.4) is 0 Å². The largest absolute Gasteiger partial charge is 0.481 e. The molecule has 2 aliphatic heterocycles. The molecule has 0 aliphatic carbocycles. The second-order valence-corrected chi connectivity index (χ2v) is 7.30. The van der Waals surface area contributed by atoms with E-state index in [0.29, 0.717) is 22.3 Å². The summed E-state index contributed by atoms with van der Waals surface area (Å²) in [5.41, 5.74) is -0.0180. The molecule has 0 bridgehead atoms. The first kappa shape index (κ1) is 23.3. The Morgan fingerprint density at radius 2 is 1.91 bits per heavy atom. The van der Waals surface area contributed by atoms with Crippen molar-refractivity contribution in [2.75, 3.05) is 18.5 Å². The molecule has 2 aliphatic rings. The summed E-state index contributed by atoms with van der Waals surface area (Å²) >= 11 is 0. The number of carbonyl (C=O) groups is 1. The molecule has 0 aromatic heterocycles. The number of fused-ring (bicyclic) bond motifs is 2. The molecule has 13 heteroatoms. The number of hydrogen-bond donors (Lipinski definition) is 7. The molecule has 1 aromatic rings. The van der Waals surface area contributed by atoms with Gasteiger partial charge in [0.2, 0.25) is 0 Å². The van der Waals surface area contributed by atoms with E-state index in [9.17, 15) is 29.7 Å². The van der Waals surface area contributed by atoms with Crippen molar-refractivity contribution in [3.05, 3.63) is 38.5 Å². The fourth-order valence-electron chi connectivity index (χ4n) is 3.28. The van der Waals surface area contributed by atoms with Crippen LogP contribution in [0.4, 0.5) is 5.69 Å². The highest BCUT2D eigenvalue weighted by atomic mass is 16.4. The second-order valence-electron chi connectivity index (χ2n) is 7.30. The van der Waals surface area contributed by atoms with E-state index in [1.165, 1.54) is 4.57 Å². The highest BCUT2D eigenvalue weighted by Gasteiger charge is 2.27. The summed E-state index contributed by atoms with van der Waals surface area (Å²) in [6.45, 7) is 0.689. The van der Waals surface area contributed by atoms with E-state index in [1.54, 1.807) is 19.1 Å². The van der Waals surface area contributed by atoms with Crippen molar-refractivity contribution in [3.8, 4) is 11.5 Å². The van der Waals surface area contributed by atoms with Crippen LogP contribution in [0, 0.1) is 6.92 Å². The van der Waals surface area contributed by atoms with Crippen LogP contribution >= 0.6 is 0 Å². The first-order valence-electron chi connectivity index (χ1n) is 9.68. The molecular weight excluding hydrogens is 426 g/mol. The van der Waals surface area contributed by atoms with Crippen molar-refractivity contribution in [1.82, 2.24) is 19.5 Å². The van der Waals surface area contributed by atoms with Crippen LogP contribution < -0.4 is 16.6 Å². The Morgan fingerprint density at radius 3 is 2.56 bits per heavy atom. The molecule has 3 unspecified atom stereocenters. The van der Waals surface area contributed by atoms with E-state index in [4.69, 9.17) is 10.2 Å². The van der Waals surface area contributed by atoms with E-state index >= 15 is 0 Å². The van der Waals surface area contributed by atoms with Crippen LogP contribution in [-0.4, -0.2) is 82.5 Å². The quantitative estimate of drug-likeness (QED) is 0.175. The SMILES string of the molecule is Cc1cc2nc3c(=O)[nH]c(=O)nc-3n(CC(O)C(O)C(O)CO)c2cc1NCCC(=O)O. The monoisotopic (exact) mass is 449 g/mol. The molecule has 0 saturated carbocycles. The maximum atomic E-state index is 12.3. The van der Waals surface area contributed by atoms with Gasteiger partial charge in [-0.1, -0.05) is 0 Å². The van der Waals surface area contributed by atoms with Gasteiger partial charge < -0.3 is 35.4 Å². The van der Waals surface area contributed by atoms with Crippen LogP contribution in [0.2, 0.25) is 0 Å². The Bertz CT molecular complexity index is 1220. The molecule has 7 N–H and O–H groups in total. The lowest BCUT2D eigenvalue weighted by Gasteiger charge is -2.25. The van der Waals surface area contributed by atoms with Crippen molar-refractivity contribution in [3.63, 3.8) is 0 Å². The number of aliphatic carboxylic acids is 1. The smallest absolute Gasteiger partial charge is 0.349 e. The van der Waals surface area contributed by atoms with Crippen molar-refractivity contribution in [2.24, 2.45) is 0 Å². The van der Waals surface area contributed by atoms with Gasteiger partial charge in [-0.15, -0.1) is 0 Å². The number of nitrogens with zero attached hydrogens (tertiary/aromatic N) is 3. The number of aromatic amines is 1. The van der Waals surface area contributed by atoms with Gasteiger partial charge in [0, 0.05) is 12.2 Å². The fourth-order valence-corrected chi connectivity index (χ4v) is 3.28. The Kier molecular flexibility index (Phi) is 6.84. The predicted molar refractivity (Wildman–Crippen MR) is 112 cm³/mol. The number of aryl methyl sites for hydroxylation is 1. The summed E-state index contributed by atoms with van der Waals surface area (Å²) in [4.78, 5) is 45.0. The Labute approximate surface area is 180 Å².